The van der Waals surface area contributed by atoms with Crippen LogP contribution in [0.25, 0.3) is 0 Å². The molecule has 1 aliphatic heterocycles. The lowest BCUT2D eigenvalue weighted by atomic mass is 10.1. The predicted octanol–water partition coefficient (Wildman–Crippen LogP) is 1.17. The van der Waals surface area contributed by atoms with Gasteiger partial charge in [-0.15, -0.1) is 0 Å². The summed E-state index contributed by atoms with van der Waals surface area (Å²) in [6, 6.07) is 1.97. The molecule has 0 spiro atoms. The molecule has 1 saturated heterocycles. The number of hydrogen-bond acceptors (Lipinski definition) is 3. The van der Waals surface area contributed by atoms with Crippen molar-refractivity contribution in [3.05, 3.63) is 29.6 Å². The van der Waals surface area contributed by atoms with E-state index in [1.165, 1.54) is 0 Å². The summed E-state index contributed by atoms with van der Waals surface area (Å²) in [5, 5.41) is 2.60. The quantitative estimate of drug-likeness (QED) is 0.702. The first kappa shape index (κ1) is 8.04. The van der Waals surface area contributed by atoms with Crippen LogP contribution in [0.5, 0.6) is 0 Å². The van der Waals surface area contributed by atoms with E-state index in [-0.39, 0.29) is 12.2 Å². The van der Waals surface area contributed by atoms with Gasteiger partial charge in [-0.25, -0.2) is 4.79 Å². The zero-order valence-corrected chi connectivity index (χ0v) is 7.28. The number of pyridine rings is 1. The molecule has 68 valence electrons. The van der Waals surface area contributed by atoms with Gasteiger partial charge < -0.3 is 10.1 Å². The van der Waals surface area contributed by atoms with Gasteiger partial charge in [-0.3, -0.25) is 4.98 Å². The molecule has 0 radical (unpaired) electrons. The summed E-state index contributed by atoms with van der Waals surface area (Å²) >= 11 is 0. The molecule has 2 heterocycles. The third-order valence-corrected chi connectivity index (χ3v) is 1.95. The average molecular weight is 178 g/mol. The van der Waals surface area contributed by atoms with E-state index in [0.717, 1.165) is 11.1 Å². The largest absolute Gasteiger partial charge is 0.439 e. The normalized spacial score (nSPS) is 21.0. The maximum absolute atomic E-state index is 10.8. The van der Waals surface area contributed by atoms with E-state index < -0.39 is 0 Å². The summed E-state index contributed by atoms with van der Waals surface area (Å²) in [4.78, 5) is 14.8. The minimum Gasteiger partial charge on any atom is -0.439 e. The Morgan fingerprint density at radius 3 is 3.08 bits per heavy atom. The summed E-state index contributed by atoms with van der Waals surface area (Å²) in [6.07, 6.45) is 2.96. The maximum atomic E-state index is 10.8. The van der Waals surface area contributed by atoms with Gasteiger partial charge in [0.05, 0.1) is 6.54 Å². The molecule has 2 rings (SSSR count). The minimum atomic E-state index is -0.355. The van der Waals surface area contributed by atoms with E-state index in [2.05, 4.69) is 10.3 Å². The van der Waals surface area contributed by atoms with Crippen molar-refractivity contribution < 1.29 is 9.53 Å². The summed E-state index contributed by atoms with van der Waals surface area (Å²) in [7, 11) is 0. The van der Waals surface area contributed by atoms with Crippen molar-refractivity contribution >= 4 is 6.09 Å². The summed E-state index contributed by atoms with van der Waals surface area (Å²) in [5.74, 6) is 0. The highest BCUT2D eigenvalue weighted by Crippen LogP contribution is 2.20. The molecular formula is C9H10N2O2. The number of nitrogens with zero attached hydrogens (tertiary/aromatic N) is 1. The Hall–Kier alpha value is -1.58. The van der Waals surface area contributed by atoms with Crippen LogP contribution in [-0.2, 0) is 4.74 Å². The average Bonchev–Trinajstić information content (AvgIpc) is 2.52. The van der Waals surface area contributed by atoms with E-state index in [1.54, 1.807) is 12.4 Å². The molecule has 0 bridgehead atoms. The lowest BCUT2D eigenvalue weighted by Gasteiger charge is -2.07. The Labute approximate surface area is 75.9 Å². The van der Waals surface area contributed by atoms with E-state index in [0.29, 0.717) is 6.54 Å². The van der Waals surface area contributed by atoms with Crippen molar-refractivity contribution in [3.63, 3.8) is 0 Å². The zero-order valence-electron chi connectivity index (χ0n) is 7.28. The van der Waals surface area contributed by atoms with Crippen molar-refractivity contribution in [3.8, 4) is 0 Å². The number of rotatable bonds is 1. The number of hydrogen-bond donors (Lipinski definition) is 1. The minimum absolute atomic E-state index is 0.181. The molecule has 1 aromatic heterocycles. The van der Waals surface area contributed by atoms with E-state index in [1.807, 2.05) is 13.0 Å². The Bertz CT molecular complexity index is 338. The molecule has 1 amide bonds. The van der Waals surface area contributed by atoms with Gasteiger partial charge in [0.15, 0.2) is 0 Å². The number of amides is 1. The zero-order chi connectivity index (χ0) is 9.26. The monoisotopic (exact) mass is 178 g/mol. The smallest absolute Gasteiger partial charge is 0.407 e. The van der Waals surface area contributed by atoms with Crippen LogP contribution in [0, 0.1) is 6.92 Å². The number of cyclic esters (lactones) is 1. The SMILES string of the molecule is Cc1cncc(C2CNC(=O)O2)c1. The van der Waals surface area contributed by atoms with Crippen molar-refractivity contribution in [1.29, 1.82) is 0 Å². The van der Waals surface area contributed by atoms with Gasteiger partial charge in [0.25, 0.3) is 0 Å². The molecule has 1 fully saturated rings. The Balaban J connectivity index is 2.21. The first-order valence-corrected chi connectivity index (χ1v) is 4.12. The van der Waals surface area contributed by atoms with Crippen LogP contribution in [-0.4, -0.2) is 17.6 Å². The van der Waals surface area contributed by atoms with Crippen molar-refractivity contribution in [2.24, 2.45) is 0 Å². The van der Waals surface area contributed by atoms with Crippen LogP contribution in [0.1, 0.15) is 17.2 Å². The summed E-state index contributed by atoms with van der Waals surface area (Å²) in [5.41, 5.74) is 2.01. The number of ether oxygens (including phenoxy) is 1. The number of nitrogens with one attached hydrogen (secondary N) is 1. The topological polar surface area (TPSA) is 51.2 Å². The standard InChI is InChI=1S/C9H10N2O2/c1-6-2-7(4-10-3-6)8-5-11-9(12)13-8/h2-4,8H,5H2,1H3,(H,11,12). The van der Waals surface area contributed by atoms with Gasteiger partial charge >= 0.3 is 6.09 Å². The van der Waals surface area contributed by atoms with Gasteiger partial charge in [-0.2, -0.15) is 0 Å². The number of aryl methyl sites for hydroxylation is 1. The van der Waals surface area contributed by atoms with Gasteiger partial charge in [0.1, 0.15) is 6.10 Å². The fourth-order valence-corrected chi connectivity index (χ4v) is 1.33. The number of alkyl carbamates (subject to hydrolysis) is 1. The highest BCUT2D eigenvalue weighted by Gasteiger charge is 2.24. The molecule has 4 nitrogen and oxygen atoms in total. The highest BCUT2D eigenvalue weighted by molar-refractivity contribution is 5.69. The van der Waals surface area contributed by atoms with E-state index >= 15 is 0 Å². The second-order valence-electron chi connectivity index (χ2n) is 3.07. The van der Waals surface area contributed by atoms with Crippen LogP contribution < -0.4 is 5.32 Å². The Kier molecular flexibility index (Phi) is 1.88. The van der Waals surface area contributed by atoms with Crippen LogP contribution in [0.4, 0.5) is 4.79 Å². The lowest BCUT2D eigenvalue weighted by molar-refractivity contribution is 0.141. The Morgan fingerprint density at radius 1 is 1.62 bits per heavy atom. The molecule has 1 aromatic rings. The highest BCUT2D eigenvalue weighted by atomic mass is 16.6. The first-order valence-electron chi connectivity index (χ1n) is 4.12. The molecule has 1 atom stereocenters. The summed E-state index contributed by atoms with van der Waals surface area (Å²) in [6.45, 7) is 2.49. The number of carbonyl (C=O) groups excluding carboxylic acids is 1. The number of carbonyl (C=O) groups is 1. The van der Waals surface area contributed by atoms with Gasteiger partial charge in [0.2, 0.25) is 0 Å². The van der Waals surface area contributed by atoms with Crippen molar-refractivity contribution in [1.82, 2.24) is 10.3 Å². The second-order valence-corrected chi connectivity index (χ2v) is 3.07. The molecule has 4 heteroatoms. The van der Waals surface area contributed by atoms with E-state index in [9.17, 15) is 4.79 Å². The van der Waals surface area contributed by atoms with Crippen LogP contribution in [0.3, 0.4) is 0 Å². The van der Waals surface area contributed by atoms with E-state index in [4.69, 9.17) is 4.74 Å². The molecule has 0 saturated carbocycles. The summed E-state index contributed by atoms with van der Waals surface area (Å²) < 4.78 is 5.01. The molecule has 1 N–H and O–H groups in total. The molecule has 0 aliphatic carbocycles. The molecule has 13 heavy (non-hydrogen) atoms. The predicted molar refractivity (Wildman–Crippen MR) is 46.2 cm³/mol. The van der Waals surface area contributed by atoms with Crippen LogP contribution >= 0.6 is 0 Å². The Morgan fingerprint density at radius 2 is 2.46 bits per heavy atom. The van der Waals surface area contributed by atoms with Crippen molar-refractivity contribution in [2.75, 3.05) is 6.54 Å². The van der Waals surface area contributed by atoms with Gasteiger partial charge in [0, 0.05) is 18.0 Å². The van der Waals surface area contributed by atoms with Gasteiger partial charge in [-0.1, -0.05) is 0 Å². The number of aromatic nitrogens is 1. The van der Waals surface area contributed by atoms with Gasteiger partial charge in [-0.05, 0) is 18.6 Å². The maximum Gasteiger partial charge on any atom is 0.407 e. The lowest BCUT2D eigenvalue weighted by Crippen LogP contribution is -2.12. The van der Waals surface area contributed by atoms with Crippen LogP contribution in [0.2, 0.25) is 0 Å². The molecule has 1 unspecified atom stereocenters. The fourth-order valence-electron chi connectivity index (χ4n) is 1.33. The fraction of sp³-hybridized carbons (Fsp3) is 0.333. The first-order chi connectivity index (χ1) is 6.25. The van der Waals surface area contributed by atoms with Crippen molar-refractivity contribution in [2.45, 2.75) is 13.0 Å². The molecule has 1 aliphatic rings. The third kappa shape index (κ3) is 1.61. The molecular weight excluding hydrogens is 168 g/mol. The third-order valence-electron chi connectivity index (χ3n) is 1.95. The molecule has 0 aromatic carbocycles. The van der Waals surface area contributed by atoms with Crippen LogP contribution in [0.15, 0.2) is 18.5 Å². The second kappa shape index (κ2) is 3.05.